The van der Waals surface area contributed by atoms with Crippen LogP contribution in [0.5, 0.6) is 0 Å². The van der Waals surface area contributed by atoms with Gasteiger partial charge in [-0.3, -0.25) is 9.59 Å². The monoisotopic (exact) mass is 186 g/mol. The molecule has 0 aromatic heterocycles. The highest BCUT2D eigenvalue weighted by atomic mass is 16.1. The van der Waals surface area contributed by atoms with Crippen LogP contribution >= 0.6 is 0 Å². The number of carbonyl (C=O) groups excluding carboxylic acids is 2. The van der Waals surface area contributed by atoms with Crippen molar-refractivity contribution in [3.8, 4) is 0 Å². The van der Waals surface area contributed by atoms with Crippen molar-refractivity contribution in [2.45, 2.75) is 0 Å². The quantitative estimate of drug-likeness (QED) is 0.521. The second-order valence-electron chi connectivity index (χ2n) is 5.60. The first-order valence-corrected chi connectivity index (χ1v) is 5.56. The van der Waals surface area contributed by atoms with Gasteiger partial charge in [0.2, 0.25) is 0 Å². The van der Waals surface area contributed by atoms with Gasteiger partial charge in [-0.25, -0.2) is 0 Å². The maximum atomic E-state index is 12.0. The Labute approximate surface area is 81.4 Å². The van der Waals surface area contributed by atoms with E-state index in [1.807, 2.05) is 0 Å². The van der Waals surface area contributed by atoms with E-state index in [2.05, 4.69) is 12.2 Å². The lowest BCUT2D eigenvalue weighted by molar-refractivity contribution is -0.145. The highest BCUT2D eigenvalue weighted by Crippen LogP contribution is 2.75. The number of rotatable bonds is 0. The van der Waals surface area contributed by atoms with E-state index in [4.69, 9.17) is 0 Å². The van der Waals surface area contributed by atoms with Gasteiger partial charge in [-0.2, -0.15) is 0 Å². The van der Waals surface area contributed by atoms with Crippen molar-refractivity contribution in [3.05, 3.63) is 12.2 Å². The van der Waals surface area contributed by atoms with Crippen molar-refractivity contribution in [3.63, 3.8) is 0 Å². The maximum absolute atomic E-state index is 12.0. The topological polar surface area (TPSA) is 34.1 Å². The zero-order valence-corrected chi connectivity index (χ0v) is 7.59. The number of Topliss-reactive ketones (excluding diaryl/α,β-unsaturated/α-hetero) is 2. The van der Waals surface area contributed by atoms with Crippen LogP contribution in [0.4, 0.5) is 0 Å². The minimum absolute atomic E-state index is 0.113. The Kier molecular flexibility index (Phi) is 0.718. The predicted molar refractivity (Wildman–Crippen MR) is 47.1 cm³/mol. The van der Waals surface area contributed by atoms with E-state index < -0.39 is 0 Å². The van der Waals surface area contributed by atoms with E-state index >= 15 is 0 Å². The molecular formula is C12H10O2. The molecule has 4 fully saturated rings. The van der Waals surface area contributed by atoms with Gasteiger partial charge in [0.25, 0.3) is 0 Å². The lowest BCUT2D eigenvalue weighted by Gasteiger charge is -2.50. The van der Waals surface area contributed by atoms with Gasteiger partial charge in [-0.1, -0.05) is 12.2 Å². The SMILES string of the molecule is O=C1[C@H]2[C@H]3C=CC4[C@@H]5C3[C@H]1[C@H]5C(=O)[C@@H]42. The molecule has 14 heavy (non-hydrogen) atoms. The van der Waals surface area contributed by atoms with E-state index in [0.29, 0.717) is 35.2 Å². The molecule has 8 atom stereocenters. The first kappa shape index (κ1) is 6.54. The maximum Gasteiger partial charge on any atom is 0.141 e. The minimum atomic E-state index is 0.113. The van der Waals surface area contributed by atoms with Gasteiger partial charge in [0.15, 0.2) is 0 Å². The predicted octanol–water partition coefficient (Wildman–Crippen LogP) is 0.678. The fourth-order valence-corrected chi connectivity index (χ4v) is 5.43. The molecule has 0 spiro atoms. The molecule has 70 valence electrons. The standard InChI is InChI=1S/C12H10O2/c13-11-7-3-1-2-4-6-5(3)9(11)10(6)12(14)8(4)7/h1-10H/t3-,4?,5?,6+,7-,8-,9-,10-/m0/s1. The van der Waals surface area contributed by atoms with Crippen LogP contribution in [-0.2, 0) is 9.59 Å². The third-order valence-corrected chi connectivity index (χ3v) is 5.64. The van der Waals surface area contributed by atoms with Crippen LogP contribution in [0.2, 0.25) is 0 Å². The Morgan fingerprint density at radius 3 is 1.57 bits per heavy atom. The number of hydrogen-bond donors (Lipinski definition) is 0. The highest BCUT2D eigenvalue weighted by molar-refractivity contribution is 6.06. The molecule has 6 rings (SSSR count). The molecular weight excluding hydrogens is 176 g/mol. The highest BCUT2D eigenvalue weighted by Gasteiger charge is 2.80. The summed E-state index contributed by atoms with van der Waals surface area (Å²) in [6.07, 6.45) is 4.47. The van der Waals surface area contributed by atoms with Crippen molar-refractivity contribution >= 4 is 11.6 Å². The normalized spacial score (nSPS) is 69.4. The van der Waals surface area contributed by atoms with E-state index in [0.717, 1.165) is 0 Å². The molecule has 0 aromatic rings. The first-order valence-electron chi connectivity index (χ1n) is 5.56. The van der Waals surface area contributed by atoms with Gasteiger partial charge >= 0.3 is 0 Å². The van der Waals surface area contributed by atoms with Crippen LogP contribution in [-0.4, -0.2) is 11.6 Å². The molecule has 0 heterocycles. The molecule has 0 radical (unpaired) electrons. The fraction of sp³-hybridized carbons (Fsp3) is 0.667. The second-order valence-corrected chi connectivity index (χ2v) is 5.60. The third kappa shape index (κ3) is 0.358. The van der Waals surface area contributed by atoms with Crippen molar-refractivity contribution < 1.29 is 9.59 Å². The van der Waals surface area contributed by atoms with E-state index in [1.165, 1.54) is 0 Å². The summed E-state index contributed by atoms with van der Waals surface area (Å²) in [6, 6.07) is 0. The smallest absolute Gasteiger partial charge is 0.141 e. The lowest BCUT2D eigenvalue weighted by Crippen LogP contribution is -2.50. The molecule has 6 aliphatic carbocycles. The van der Waals surface area contributed by atoms with E-state index in [1.54, 1.807) is 0 Å². The van der Waals surface area contributed by atoms with Crippen LogP contribution in [0.15, 0.2) is 12.2 Å². The molecule has 6 bridgehead atoms. The van der Waals surface area contributed by atoms with Gasteiger partial charge in [0.1, 0.15) is 11.6 Å². The summed E-state index contributed by atoms with van der Waals surface area (Å²) < 4.78 is 0. The molecule has 0 saturated heterocycles. The summed E-state index contributed by atoms with van der Waals surface area (Å²) >= 11 is 0. The third-order valence-electron chi connectivity index (χ3n) is 5.64. The Morgan fingerprint density at radius 1 is 0.714 bits per heavy atom. The number of ketones is 2. The van der Waals surface area contributed by atoms with Crippen molar-refractivity contribution in [2.75, 3.05) is 0 Å². The van der Waals surface area contributed by atoms with Gasteiger partial charge in [-0.05, 0) is 23.7 Å². The zero-order valence-electron chi connectivity index (χ0n) is 7.59. The van der Waals surface area contributed by atoms with Crippen LogP contribution in [0.1, 0.15) is 0 Å². The summed E-state index contributed by atoms with van der Waals surface area (Å²) in [5.41, 5.74) is 0. The van der Waals surface area contributed by atoms with Crippen molar-refractivity contribution in [2.24, 2.45) is 47.3 Å². The molecule has 6 aliphatic rings. The summed E-state index contributed by atoms with van der Waals surface area (Å²) in [7, 11) is 0. The summed E-state index contributed by atoms with van der Waals surface area (Å²) in [5.74, 6) is 3.50. The molecule has 2 nitrogen and oxygen atoms in total. The van der Waals surface area contributed by atoms with Crippen LogP contribution < -0.4 is 0 Å². The Hall–Kier alpha value is -0.920. The van der Waals surface area contributed by atoms with E-state index in [9.17, 15) is 9.59 Å². The number of allylic oxidation sites excluding steroid dienone is 2. The average Bonchev–Trinajstić information content (AvgIpc) is 2.40. The number of carbonyl (C=O) groups is 2. The summed E-state index contributed by atoms with van der Waals surface area (Å²) in [6.45, 7) is 0. The minimum Gasteiger partial charge on any atom is -0.299 e. The molecule has 4 saturated carbocycles. The van der Waals surface area contributed by atoms with Crippen LogP contribution in [0.25, 0.3) is 0 Å². The molecule has 2 unspecified atom stereocenters. The average molecular weight is 186 g/mol. The number of hydrogen-bond acceptors (Lipinski definition) is 2. The molecule has 0 aromatic carbocycles. The molecule has 0 aliphatic heterocycles. The van der Waals surface area contributed by atoms with Crippen LogP contribution in [0.3, 0.4) is 0 Å². The number of fused-ring (bicyclic) bond motifs is 1. The second kappa shape index (κ2) is 1.54. The van der Waals surface area contributed by atoms with Crippen LogP contribution in [0, 0.1) is 47.3 Å². The Morgan fingerprint density at radius 2 is 1.14 bits per heavy atom. The molecule has 0 amide bonds. The van der Waals surface area contributed by atoms with Gasteiger partial charge < -0.3 is 0 Å². The van der Waals surface area contributed by atoms with Crippen molar-refractivity contribution in [1.29, 1.82) is 0 Å². The first-order chi connectivity index (χ1) is 6.80. The van der Waals surface area contributed by atoms with Crippen molar-refractivity contribution in [1.82, 2.24) is 0 Å². The van der Waals surface area contributed by atoms with Gasteiger partial charge in [-0.15, -0.1) is 0 Å². The van der Waals surface area contributed by atoms with Gasteiger partial charge in [0, 0.05) is 23.7 Å². The Bertz CT molecular complexity index is 396. The Balaban J connectivity index is 1.91. The molecule has 2 heteroatoms. The molecule has 0 N–H and O–H groups in total. The lowest BCUT2D eigenvalue weighted by atomic mass is 9.52. The fourth-order valence-electron chi connectivity index (χ4n) is 5.43. The van der Waals surface area contributed by atoms with E-state index in [-0.39, 0.29) is 23.7 Å². The zero-order chi connectivity index (χ0) is 9.19. The van der Waals surface area contributed by atoms with Gasteiger partial charge in [0.05, 0.1) is 0 Å². The summed E-state index contributed by atoms with van der Waals surface area (Å²) in [4.78, 5) is 24.0. The summed E-state index contributed by atoms with van der Waals surface area (Å²) in [5, 5.41) is 0. The largest absolute Gasteiger partial charge is 0.299 e.